The van der Waals surface area contributed by atoms with Crippen molar-refractivity contribution >= 4 is 5.78 Å². The highest BCUT2D eigenvalue weighted by molar-refractivity contribution is 5.95. The Morgan fingerprint density at radius 1 is 1.71 bits per heavy atom. The number of carbonyl (C=O) groups is 1. The van der Waals surface area contributed by atoms with Crippen LogP contribution in [0.3, 0.4) is 0 Å². The molecule has 78 valence electrons. The van der Waals surface area contributed by atoms with Gasteiger partial charge in [-0.1, -0.05) is 0 Å². The number of aromatic nitrogens is 2. The van der Waals surface area contributed by atoms with E-state index >= 15 is 0 Å². The summed E-state index contributed by atoms with van der Waals surface area (Å²) in [7, 11) is 1.80. The van der Waals surface area contributed by atoms with Crippen molar-refractivity contribution in [2.45, 2.75) is 32.2 Å². The van der Waals surface area contributed by atoms with Gasteiger partial charge >= 0.3 is 0 Å². The van der Waals surface area contributed by atoms with Gasteiger partial charge in [0.15, 0.2) is 5.78 Å². The second-order valence-corrected chi connectivity index (χ2v) is 3.70. The first-order valence-corrected chi connectivity index (χ1v) is 4.87. The molecular formula is C10H17N3O. The molecule has 0 saturated heterocycles. The van der Waals surface area contributed by atoms with Crippen LogP contribution in [0.25, 0.3) is 0 Å². The molecule has 2 N–H and O–H groups in total. The number of rotatable bonds is 5. The summed E-state index contributed by atoms with van der Waals surface area (Å²) in [6.45, 7) is 1.95. The molecule has 0 radical (unpaired) electrons. The van der Waals surface area contributed by atoms with Gasteiger partial charge in [0.1, 0.15) is 0 Å². The Balaban J connectivity index is 2.36. The van der Waals surface area contributed by atoms with E-state index in [9.17, 15) is 4.79 Å². The van der Waals surface area contributed by atoms with Gasteiger partial charge in [0.25, 0.3) is 0 Å². The number of nitrogens with zero attached hydrogens (tertiary/aromatic N) is 2. The van der Waals surface area contributed by atoms with E-state index in [0.717, 1.165) is 12.8 Å². The van der Waals surface area contributed by atoms with Gasteiger partial charge in [-0.2, -0.15) is 5.10 Å². The van der Waals surface area contributed by atoms with Crippen LogP contribution < -0.4 is 5.73 Å². The minimum Gasteiger partial charge on any atom is -0.328 e. The molecule has 0 amide bonds. The van der Waals surface area contributed by atoms with Gasteiger partial charge < -0.3 is 5.73 Å². The van der Waals surface area contributed by atoms with E-state index in [1.807, 2.05) is 6.92 Å². The van der Waals surface area contributed by atoms with E-state index in [1.54, 1.807) is 24.1 Å². The molecule has 1 aromatic rings. The minimum absolute atomic E-state index is 0.152. The van der Waals surface area contributed by atoms with Gasteiger partial charge in [0.05, 0.1) is 11.8 Å². The summed E-state index contributed by atoms with van der Waals surface area (Å²) in [4.78, 5) is 11.5. The van der Waals surface area contributed by atoms with Crippen LogP contribution in [0.5, 0.6) is 0 Å². The lowest BCUT2D eigenvalue weighted by atomic mass is 10.1. The monoisotopic (exact) mass is 195 g/mol. The smallest absolute Gasteiger partial charge is 0.166 e. The predicted octanol–water partition coefficient (Wildman–Crippen LogP) is 1.12. The molecule has 0 saturated carbocycles. The predicted molar refractivity (Wildman–Crippen MR) is 55.0 cm³/mol. The molecule has 1 rings (SSSR count). The Labute approximate surface area is 84.1 Å². The highest BCUT2D eigenvalue weighted by Gasteiger charge is 2.07. The van der Waals surface area contributed by atoms with Crippen molar-refractivity contribution in [3.8, 4) is 0 Å². The second-order valence-electron chi connectivity index (χ2n) is 3.70. The zero-order chi connectivity index (χ0) is 10.6. The minimum atomic E-state index is 0.152. The summed E-state index contributed by atoms with van der Waals surface area (Å²) in [5.41, 5.74) is 6.29. The number of nitrogens with two attached hydrogens (primary N) is 1. The first-order valence-electron chi connectivity index (χ1n) is 4.87. The fourth-order valence-electron chi connectivity index (χ4n) is 1.29. The lowest BCUT2D eigenvalue weighted by molar-refractivity contribution is 0.0979. The van der Waals surface area contributed by atoms with Gasteiger partial charge in [0, 0.05) is 25.7 Å². The lowest BCUT2D eigenvalue weighted by Crippen LogP contribution is -2.14. The zero-order valence-corrected chi connectivity index (χ0v) is 8.73. The molecular weight excluding hydrogens is 178 g/mol. The normalized spacial score (nSPS) is 12.8. The summed E-state index contributed by atoms with van der Waals surface area (Å²) in [6.07, 6.45) is 5.66. The van der Waals surface area contributed by atoms with Gasteiger partial charge in [-0.3, -0.25) is 9.48 Å². The van der Waals surface area contributed by atoms with Crippen LogP contribution in [0, 0.1) is 0 Å². The average molecular weight is 195 g/mol. The van der Waals surface area contributed by atoms with Crippen LogP contribution in [-0.4, -0.2) is 21.6 Å². The zero-order valence-electron chi connectivity index (χ0n) is 8.73. The van der Waals surface area contributed by atoms with Crippen molar-refractivity contribution in [2.75, 3.05) is 0 Å². The topological polar surface area (TPSA) is 60.9 Å². The van der Waals surface area contributed by atoms with Crippen LogP contribution in [0.4, 0.5) is 0 Å². The van der Waals surface area contributed by atoms with Crippen molar-refractivity contribution < 1.29 is 4.79 Å². The molecule has 0 aromatic carbocycles. The first-order chi connectivity index (χ1) is 6.59. The van der Waals surface area contributed by atoms with E-state index in [1.165, 1.54) is 0 Å². The Morgan fingerprint density at radius 3 is 2.93 bits per heavy atom. The first kappa shape index (κ1) is 10.9. The van der Waals surface area contributed by atoms with Crippen LogP contribution >= 0.6 is 0 Å². The molecule has 1 unspecified atom stereocenters. The standard InChI is InChI=1S/C10H17N3O/c1-8(11)4-3-5-10(14)9-6-12-13(2)7-9/h6-8H,3-5,11H2,1-2H3. The number of hydrogen-bond acceptors (Lipinski definition) is 3. The fraction of sp³-hybridized carbons (Fsp3) is 0.600. The average Bonchev–Trinajstić information content (AvgIpc) is 2.51. The van der Waals surface area contributed by atoms with Gasteiger partial charge in [0.2, 0.25) is 0 Å². The Bertz CT molecular complexity index is 304. The number of ketones is 1. The molecule has 0 bridgehead atoms. The quantitative estimate of drug-likeness (QED) is 0.716. The van der Waals surface area contributed by atoms with Gasteiger partial charge in [-0.15, -0.1) is 0 Å². The maximum atomic E-state index is 11.5. The van der Waals surface area contributed by atoms with Crippen LogP contribution in [0.1, 0.15) is 36.5 Å². The van der Waals surface area contributed by atoms with E-state index in [0.29, 0.717) is 12.0 Å². The largest absolute Gasteiger partial charge is 0.328 e. The fourth-order valence-corrected chi connectivity index (χ4v) is 1.29. The molecule has 4 heteroatoms. The number of hydrogen-bond donors (Lipinski definition) is 1. The molecule has 4 nitrogen and oxygen atoms in total. The van der Waals surface area contributed by atoms with Gasteiger partial charge in [-0.25, -0.2) is 0 Å². The highest BCUT2D eigenvalue weighted by atomic mass is 16.1. The Hall–Kier alpha value is -1.16. The Kier molecular flexibility index (Phi) is 3.83. The third-order valence-electron chi connectivity index (χ3n) is 2.09. The van der Waals surface area contributed by atoms with Crippen molar-refractivity contribution in [3.63, 3.8) is 0 Å². The number of aryl methyl sites for hydroxylation is 1. The molecule has 0 aliphatic carbocycles. The number of Topliss-reactive ketones (excluding diaryl/α,β-unsaturated/α-hetero) is 1. The SMILES string of the molecule is CC(N)CCCC(=O)c1cnn(C)c1. The van der Waals surface area contributed by atoms with E-state index in [4.69, 9.17) is 5.73 Å². The lowest BCUT2D eigenvalue weighted by Gasteiger charge is -2.02. The molecule has 1 heterocycles. The highest BCUT2D eigenvalue weighted by Crippen LogP contribution is 2.06. The van der Waals surface area contributed by atoms with Crippen molar-refractivity contribution in [1.29, 1.82) is 0 Å². The molecule has 0 aliphatic rings. The molecule has 1 aromatic heterocycles. The Morgan fingerprint density at radius 2 is 2.43 bits per heavy atom. The maximum Gasteiger partial charge on any atom is 0.166 e. The second kappa shape index (κ2) is 4.91. The summed E-state index contributed by atoms with van der Waals surface area (Å²) in [6, 6.07) is 0.177. The summed E-state index contributed by atoms with van der Waals surface area (Å²) >= 11 is 0. The van der Waals surface area contributed by atoms with E-state index in [2.05, 4.69) is 5.10 Å². The van der Waals surface area contributed by atoms with E-state index in [-0.39, 0.29) is 11.8 Å². The summed E-state index contributed by atoms with van der Waals surface area (Å²) in [5.74, 6) is 0.152. The molecule has 0 fully saturated rings. The molecule has 0 aliphatic heterocycles. The van der Waals surface area contributed by atoms with E-state index < -0.39 is 0 Å². The van der Waals surface area contributed by atoms with Crippen LogP contribution in [0.15, 0.2) is 12.4 Å². The van der Waals surface area contributed by atoms with Crippen molar-refractivity contribution in [1.82, 2.24) is 9.78 Å². The molecule has 14 heavy (non-hydrogen) atoms. The maximum absolute atomic E-state index is 11.5. The van der Waals surface area contributed by atoms with Crippen molar-refractivity contribution in [3.05, 3.63) is 18.0 Å². The number of carbonyl (C=O) groups excluding carboxylic acids is 1. The van der Waals surface area contributed by atoms with Crippen molar-refractivity contribution in [2.24, 2.45) is 12.8 Å². The third kappa shape index (κ3) is 3.30. The third-order valence-corrected chi connectivity index (χ3v) is 2.09. The van der Waals surface area contributed by atoms with Crippen LogP contribution in [0.2, 0.25) is 0 Å². The summed E-state index contributed by atoms with van der Waals surface area (Å²) in [5, 5.41) is 3.95. The van der Waals surface area contributed by atoms with Gasteiger partial charge in [-0.05, 0) is 19.8 Å². The summed E-state index contributed by atoms with van der Waals surface area (Å²) < 4.78 is 1.64. The molecule has 0 spiro atoms. The molecule has 1 atom stereocenters. The van der Waals surface area contributed by atoms with Crippen LogP contribution in [-0.2, 0) is 7.05 Å².